The highest BCUT2D eigenvalue weighted by molar-refractivity contribution is 6.44. The monoisotopic (exact) mass is 466 g/mol. The van der Waals surface area contributed by atoms with Crippen molar-refractivity contribution in [2.45, 2.75) is 26.4 Å². The molecule has 0 spiro atoms. The molecule has 0 aliphatic heterocycles. The number of carbonyl (C=O) groups is 1. The summed E-state index contributed by atoms with van der Waals surface area (Å²) in [7, 11) is 1.66. The largest absolute Gasteiger partial charge is 0.379 e. The molecule has 1 unspecified atom stereocenters. The van der Waals surface area contributed by atoms with E-state index in [1.54, 1.807) is 25.4 Å². The number of amidine groups is 1. The van der Waals surface area contributed by atoms with E-state index in [-0.39, 0.29) is 24.0 Å². The molecule has 0 fully saturated rings. The molecule has 0 saturated carbocycles. The van der Waals surface area contributed by atoms with E-state index in [0.29, 0.717) is 31.3 Å². The van der Waals surface area contributed by atoms with Gasteiger partial charge >= 0.3 is 0 Å². The van der Waals surface area contributed by atoms with Gasteiger partial charge in [0.05, 0.1) is 25.0 Å². The van der Waals surface area contributed by atoms with Crippen LogP contribution in [0, 0.1) is 5.82 Å². The summed E-state index contributed by atoms with van der Waals surface area (Å²) in [6.45, 7) is 9.05. The zero-order chi connectivity index (χ0) is 24.8. The van der Waals surface area contributed by atoms with E-state index in [0.717, 1.165) is 11.1 Å². The van der Waals surface area contributed by atoms with Gasteiger partial charge in [0.1, 0.15) is 11.5 Å². The van der Waals surface area contributed by atoms with Crippen LogP contribution >= 0.6 is 0 Å². The van der Waals surface area contributed by atoms with Gasteiger partial charge in [-0.3, -0.25) is 15.2 Å². The van der Waals surface area contributed by atoms with E-state index in [4.69, 9.17) is 9.47 Å². The summed E-state index contributed by atoms with van der Waals surface area (Å²) in [5.41, 5.74) is 5.05. The van der Waals surface area contributed by atoms with Crippen LogP contribution in [0.4, 0.5) is 10.1 Å². The predicted octanol–water partition coefficient (Wildman–Crippen LogP) is 4.48. The Bertz CT molecular complexity index is 1050. The van der Waals surface area contributed by atoms with Gasteiger partial charge < -0.3 is 9.47 Å². The maximum absolute atomic E-state index is 13.4. The Hall–Kier alpha value is -3.49. The fourth-order valence-corrected chi connectivity index (χ4v) is 2.92. The number of aliphatic imine (C=N–C) groups is 2. The molecule has 2 aromatic carbocycles. The molecule has 0 saturated heterocycles. The number of nitrogens with one attached hydrogen (secondary N) is 1. The number of benzene rings is 2. The van der Waals surface area contributed by atoms with Gasteiger partial charge in [0.25, 0.3) is 0 Å². The summed E-state index contributed by atoms with van der Waals surface area (Å²) in [5, 5.41) is 4.19. The number of halogens is 1. The molecule has 0 aromatic heterocycles. The summed E-state index contributed by atoms with van der Waals surface area (Å²) in [4.78, 5) is 21.1. The molecule has 0 amide bonds. The Morgan fingerprint density at radius 2 is 2.00 bits per heavy atom. The molecule has 2 rings (SSSR count). The Morgan fingerprint density at radius 3 is 2.71 bits per heavy atom. The molecule has 1 atom stereocenters. The lowest BCUT2D eigenvalue weighted by Gasteiger charge is -2.09. The molecule has 2 aromatic rings. The molecule has 0 bridgehead atoms. The van der Waals surface area contributed by atoms with Crippen molar-refractivity contribution in [1.29, 1.82) is 0 Å². The lowest BCUT2D eigenvalue weighted by Crippen LogP contribution is -2.17. The van der Waals surface area contributed by atoms with E-state index < -0.39 is 5.82 Å². The van der Waals surface area contributed by atoms with Crippen LogP contribution in [0.15, 0.2) is 76.3 Å². The second-order valence-corrected chi connectivity index (χ2v) is 7.22. The van der Waals surface area contributed by atoms with Crippen molar-refractivity contribution in [2.24, 2.45) is 15.1 Å². The van der Waals surface area contributed by atoms with Crippen LogP contribution in [0.5, 0.6) is 0 Å². The molecular weight excluding hydrogens is 435 g/mol. The quantitative estimate of drug-likeness (QED) is 0.155. The lowest BCUT2D eigenvalue weighted by atomic mass is 10.0. The topological polar surface area (TPSA) is 84.6 Å². The number of rotatable bonds is 13. The van der Waals surface area contributed by atoms with Crippen LogP contribution < -0.4 is 5.43 Å². The second kappa shape index (κ2) is 14.6. The van der Waals surface area contributed by atoms with Crippen LogP contribution in [-0.4, -0.2) is 56.5 Å². The third-order valence-corrected chi connectivity index (χ3v) is 4.60. The van der Waals surface area contributed by atoms with E-state index in [2.05, 4.69) is 27.1 Å². The third-order valence-electron chi connectivity index (χ3n) is 4.60. The number of hydrazone groups is 1. The van der Waals surface area contributed by atoms with Crippen molar-refractivity contribution in [1.82, 2.24) is 0 Å². The minimum atomic E-state index is -0.398. The number of hydrogen-bond acceptors (Lipinski definition) is 6. The number of carbonyl (C=O) groups excluding carboxylic acids is 1. The molecule has 0 radical (unpaired) electrons. The van der Waals surface area contributed by atoms with Crippen molar-refractivity contribution in [2.75, 3.05) is 32.3 Å². The fourth-order valence-electron chi connectivity index (χ4n) is 2.92. The maximum atomic E-state index is 13.4. The standard InChI is InChI=1S/C26H31FN4O3/c1-5-25(32)24(31-30-23-12-8-11-22(27)17-23)16-20-9-7-10-21(15-20)26(28-4)29-18-19(3)34-14-13-33-6-2/h5,7-12,15,17-19,30H,1,6,13-14,16H2,2-4H3/b28-26?,29-18?,31-24-. The smallest absolute Gasteiger partial charge is 0.201 e. The minimum Gasteiger partial charge on any atom is -0.379 e. The number of allylic oxidation sites excluding steroid dienone is 1. The third kappa shape index (κ3) is 9.17. The minimum absolute atomic E-state index is 0.196. The van der Waals surface area contributed by atoms with Gasteiger partial charge in [0.15, 0.2) is 5.84 Å². The first-order valence-corrected chi connectivity index (χ1v) is 11.0. The second-order valence-electron chi connectivity index (χ2n) is 7.22. The average molecular weight is 467 g/mol. The highest BCUT2D eigenvalue weighted by Crippen LogP contribution is 2.12. The number of ether oxygens (including phenoxy) is 2. The van der Waals surface area contributed by atoms with Crippen LogP contribution in [0.3, 0.4) is 0 Å². The molecule has 7 nitrogen and oxygen atoms in total. The summed E-state index contributed by atoms with van der Waals surface area (Å²) >= 11 is 0. The summed E-state index contributed by atoms with van der Waals surface area (Å²) in [6, 6.07) is 13.4. The zero-order valence-electron chi connectivity index (χ0n) is 19.8. The molecule has 34 heavy (non-hydrogen) atoms. The molecule has 180 valence electrons. The first-order chi connectivity index (χ1) is 16.5. The lowest BCUT2D eigenvalue weighted by molar-refractivity contribution is -0.109. The highest BCUT2D eigenvalue weighted by atomic mass is 19.1. The van der Waals surface area contributed by atoms with Crippen molar-refractivity contribution in [3.8, 4) is 0 Å². The van der Waals surface area contributed by atoms with Crippen LogP contribution in [0.1, 0.15) is 25.0 Å². The average Bonchev–Trinajstić information content (AvgIpc) is 2.84. The van der Waals surface area contributed by atoms with Crippen molar-refractivity contribution in [3.05, 3.63) is 78.1 Å². The van der Waals surface area contributed by atoms with Crippen molar-refractivity contribution < 1.29 is 18.7 Å². The number of anilines is 1. The van der Waals surface area contributed by atoms with Gasteiger partial charge in [-0.1, -0.05) is 30.8 Å². The Morgan fingerprint density at radius 1 is 1.21 bits per heavy atom. The van der Waals surface area contributed by atoms with E-state index in [1.807, 2.05) is 38.1 Å². The Labute approximate surface area is 200 Å². The zero-order valence-corrected chi connectivity index (χ0v) is 19.8. The van der Waals surface area contributed by atoms with Gasteiger partial charge in [-0.2, -0.15) is 5.10 Å². The van der Waals surface area contributed by atoms with Gasteiger partial charge in [-0.05, 0) is 49.8 Å². The molecule has 0 aliphatic carbocycles. The number of hydrogen-bond donors (Lipinski definition) is 1. The Kier molecular flexibility index (Phi) is 11.5. The van der Waals surface area contributed by atoms with Crippen LogP contribution in [0.2, 0.25) is 0 Å². The van der Waals surface area contributed by atoms with Crippen LogP contribution in [0.25, 0.3) is 0 Å². The molecular formula is C26H31FN4O3. The Balaban J connectivity index is 2.12. The van der Waals surface area contributed by atoms with Crippen molar-refractivity contribution in [3.63, 3.8) is 0 Å². The fraction of sp³-hybridized carbons (Fsp3) is 0.308. The summed E-state index contributed by atoms with van der Waals surface area (Å²) < 4.78 is 24.3. The van der Waals surface area contributed by atoms with E-state index in [1.165, 1.54) is 18.2 Å². The molecule has 0 aliphatic rings. The maximum Gasteiger partial charge on any atom is 0.201 e. The SMILES string of the molecule is C=CC(=O)/C(Cc1cccc(C(N=CC(C)OCCOCC)=NC)c1)=N\Nc1cccc(F)c1. The number of ketones is 1. The number of nitrogens with zero attached hydrogens (tertiary/aromatic N) is 3. The summed E-state index contributed by atoms with van der Waals surface area (Å²) in [6.07, 6.45) is 2.95. The van der Waals surface area contributed by atoms with E-state index in [9.17, 15) is 9.18 Å². The summed E-state index contributed by atoms with van der Waals surface area (Å²) in [5.74, 6) is -0.186. The van der Waals surface area contributed by atoms with Gasteiger partial charge in [0, 0.05) is 31.9 Å². The first kappa shape index (κ1) is 26.8. The highest BCUT2D eigenvalue weighted by Gasteiger charge is 2.11. The molecule has 8 heteroatoms. The van der Waals surface area contributed by atoms with E-state index >= 15 is 0 Å². The van der Waals surface area contributed by atoms with Crippen molar-refractivity contribution >= 4 is 29.2 Å². The first-order valence-electron chi connectivity index (χ1n) is 11.0. The van der Waals surface area contributed by atoms with Gasteiger partial charge in [-0.25, -0.2) is 9.38 Å². The van der Waals surface area contributed by atoms with Gasteiger partial charge in [0.2, 0.25) is 5.78 Å². The van der Waals surface area contributed by atoms with Gasteiger partial charge in [-0.15, -0.1) is 0 Å². The normalized spacial score (nSPS) is 13.2. The van der Waals surface area contributed by atoms with Crippen LogP contribution in [-0.2, 0) is 20.7 Å². The molecule has 1 N–H and O–H groups in total. The predicted molar refractivity (Wildman–Crippen MR) is 136 cm³/mol. The molecule has 0 heterocycles.